The standard InChI is InChI=1S/C34H34N4O4.3ClH.2Fe/c1-7-21-17(3)25-13-26-19(5)23(9-11-33(39)40)31(37-26)16-32-24(10-12-34(41)42)20(6)28(38-32)15-30-22(8-2)18(4)27(36-30)14-29(21)35-25;;;;;/h7-8,13-16H,1-2,9-12H2,3-6H3,(H4,35,36,37,38,39,40,41,42);3*1H;;/q;;;;+2;+3/p-5/b25-13?,26-13-,27-14?,28-15-,29-14-,30-15?,31-16-,32-16?;;;;;. The summed E-state index contributed by atoms with van der Waals surface area (Å²) in [4.78, 5) is 33.4. The van der Waals surface area contributed by atoms with E-state index in [1.807, 2.05) is 39.0 Å². The summed E-state index contributed by atoms with van der Waals surface area (Å²) in [5.74, 6) is -1.74. The molecule has 6 rings (SSSR count). The second-order valence-electron chi connectivity index (χ2n) is 11.0. The van der Waals surface area contributed by atoms with Crippen molar-refractivity contribution in [2.24, 2.45) is 9.98 Å². The molecule has 2 N–H and O–H groups in total. The van der Waals surface area contributed by atoms with E-state index < -0.39 is 11.9 Å². The van der Waals surface area contributed by atoms with E-state index in [1.165, 1.54) is 0 Å². The molecule has 4 aliphatic heterocycles. The van der Waals surface area contributed by atoms with Crippen molar-refractivity contribution in [3.05, 3.63) is 97.3 Å². The number of carbonyl (C=O) groups is 2. The van der Waals surface area contributed by atoms with Crippen LogP contribution in [0.5, 0.6) is 0 Å². The Morgan fingerprint density at radius 1 is 0.766 bits per heavy atom. The number of allylic oxidation sites excluding steroid dienone is 4. The van der Waals surface area contributed by atoms with Gasteiger partial charge in [0.15, 0.2) is 0 Å². The maximum Gasteiger partial charge on any atom is 3.00 e. The molecule has 1 radical (unpaired) electrons. The molecule has 0 spiro atoms. The summed E-state index contributed by atoms with van der Waals surface area (Å²) in [5.41, 5.74) is 12.9. The van der Waals surface area contributed by atoms with Crippen LogP contribution in [0.3, 0.4) is 0 Å². The quantitative estimate of drug-likeness (QED) is 0.265. The van der Waals surface area contributed by atoms with Gasteiger partial charge in [0.2, 0.25) is 0 Å². The van der Waals surface area contributed by atoms with Gasteiger partial charge < -0.3 is 37.2 Å². The molecule has 4 aliphatic rings. The van der Waals surface area contributed by atoms with Gasteiger partial charge in [-0.1, -0.05) is 0 Å². The smallest absolute Gasteiger partial charge is 1.00 e. The molecule has 6 heterocycles. The van der Waals surface area contributed by atoms with Crippen LogP contribution >= 0.6 is 0 Å². The predicted octanol–water partition coefficient (Wildman–Crippen LogP) is -4.25. The average molecular weight is 779 g/mol. The van der Waals surface area contributed by atoms with Crippen LogP contribution < -0.4 is 47.9 Å². The van der Waals surface area contributed by atoms with Crippen molar-refractivity contribution in [2.75, 3.05) is 0 Å². The van der Waals surface area contributed by atoms with Crippen molar-refractivity contribution in [1.82, 2.24) is 7.17 Å². The van der Waals surface area contributed by atoms with Crippen LogP contribution in [0.4, 0.5) is 0 Å². The van der Waals surface area contributed by atoms with Crippen LogP contribution in [0.25, 0.3) is 30.4 Å². The molecule has 0 amide bonds. The van der Waals surface area contributed by atoms with E-state index in [4.69, 9.17) is 9.98 Å². The van der Waals surface area contributed by atoms with Gasteiger partial charge in [-0.05, 0) is 0 Å². The molecule has 6 bridgehead atoms. The van der Waals surface area contributed by atoms with E-state index in [0.29, 0.717) is 33.9 Å². The first-order valence-electron chi connectivity index (χ1n) is 14.1. The van der Waals surface area contributed by atoms with E-state index >= 15 is 0 Å². The molecule has 0 saturated carbocycles. The first kappa shape index (κ1) is 40.1. The molecule has 249 valence electrons. The summed E-state index contributed by atoms with van der Waals surface area (Å²) in [6, 6.07) is 0. The Hall–Kier alpha value is -3.07. The summed E-state index contributed by atoms with van der Waals surface area (Å²) in [7, 11) is 0. The Morgan fingerprint density at radius 2 is 1.36 bits per heavy atom. The molecular weight excluding hydrogens is 746 g/mol. The summed E-state index contributed by atoms with van der Waals surface area (Å²) in [6.45, 7) is 16.4. The Kier molecular flexibility index (Phi) is 13.2. The number of nitrogens with zero attached hydrogens (tertiary/aromatic N) is 4. The number of hydrogen-bond acceptors (Lipinski definition) is 4. The van der Waals surface area contributed by atoms with Crippen LogP contribution in [0, 0.1) is 13.8 Å². The molecule has 2 aromatic heterocycles. The summed E-state index contributed by atoms with van der Waals surface area (Å²) >= 11 is 0.463. The van der Waals surface area contributed by atoms with Gasteiger partial charge in [-0.15, -0.1) is 0 Å². The van der Waals surface area contributed by atoms with E-state index in [9.17, 15) is 19.8 Å². The molecule has 47 heavy (non-hydrogen) atoms. The number of carboxylic acids is 2. The van der Waals surface area contributed by atoms with Crippen LogP contribution in [0.15, 0.2) is 62.9 Å². The number of aliphatic carboxylic acids is 2. The molecule has 8 nitrogen and oxygen atoms in total. The number of halogens is 3. The van der Waals surface area contributed by atoms with Crippen molar-refractivity contribution in [1.29, 1.82) is 0 Å². The third kappa shape index (κ3) is 6.79. The second-order valence-corrected chi connectivity index (χ2v) is 12.2. The van der Waals surface area contributed by atoms with Gasteiger partial charge in [-0.2, -0.15) is 0 Å². The predicted molar refractivity (Wildman–Crippen MR) is 167 cm³/mol. The number of rotatable bonds is 8. The van der Waals surface area contributed by atoms with E-state index in [-0.39, 0.29) is 67.1 Å². The zero-order chi connectivity index (χ0) is 30.7. The van der Waals surface area contributed by atoms with Crippen molar-refractivity contribution in [3.63, 3.8) is 0 Å². The number of aromatic nitrogens is 2. The van der Waals surface area contributed by atoms with Crippen LogP contribution in [0.2, 0.25) is 0 Å². The van der Waals surface area contributed by atoms with E-state index in [0.717, 1.165) is 83.7 Å². The van der Waals surface area contributed by atoms with Crippen LogP contribution in [-0.2, 0) is 48.5 Å². The summed E-state index contributed by atoms with van der Waals surface area (Å²) in [6.07, 6.45) is 12.7. The molecule has 0 fully saturated rings. The van der Waals surface area contributed by atoms with Crippen LogP contribution in [0.1, 0.15) is 66.8 Å². The van der Waals surface area contributed by atoms with Gasteiger partial charge in [0.05, 0.1) is 0 Å². The fraction of sp³-hybridized carbons (Fsp3) is 0.235. The minimum atomic E-state index is -0.868. The molecule has 0 aliphatic carbocycles. The average Bonchev–Trinajstić information content (AvgIpc) is 3.58. The molecular formula is C34H32Cl3Fe2N4O4. The monoisotopic (exact) mass is 777 g/mol. The molecule has 0 aromatic carbocycles. The summed E-state index contributed by atoms with van der Waals surface area (Å²) < 4.78 is 4.47. The molecule has 0 unspecified atom stereocenters. The van der Waals surface area contributed by atoms with Crippen molar-refractivity contribution < 1.29 is 89.5 Å². The Labute approximate surface area is 309 Å². The molecule has 2 aromatic rings. The molecule has 0 atom stereocenters. The molecule has 0 saturated heterocycles. The largest absolute Gasteiger partial charge is 3.00 e. The van der Waals surface area contributed by atoms with Gasteiger partial charge >= 0.3 is 274 Å². The minimum absolute atomic E-state index is 0. The van der Waals surface area contributed by atoms with E-state index in [1.54, 1.807) is 0 Å². The van der Waals surface area contributed by atoms with Crippen molar-refractivity contribution in [3.8, 4) is 0 Å². The maximum absolute atomic E-state index is 11.8. The van der Waals surface area contributed by atoms with Gasteiger partial charge in [0, 0.05) is 0 Å². The van der Waals surface area contributed by atoms with Crippen molar-refractivity contribution >= 4 is 53.7 Å². The molecule has 13 heteroatoms. The first-order valence-corrected chi connectivity index (χ1v) is 15.1. The fourth-order valence-corrected chi connectivity index (χ4v) is 7.77. The zero-order valence-corrected chi connectivity index (χ0v) is 30.5. The Bertz CT molecular complexity index is 2040. The van der Waals surface area contributed by atoms with Crippen LogP contribution in [-0.4, -0.2) is 40.7 Å². The normalized spacial score (nSPS) is 19.0. The topological polar surface area (TPSA) is 109 Å². The summed E-state index contributed by atoms with van der Waals surface area (Å²) in [5, 5.41) is 21.0. The Morgan fingerprint density at radius 3 is 1.98 bits per heavy atom. The van der Waals surface area contributed by atoms with E-state index in [2.05, 4.69) is 45.5 Å². The van der Waals surface area contributed by atoms with Crippen molar-refractivity contribution in [2.45, 2.75) is 53.4 Å². The Balaban J connectivity index is 0.00000192. The SMILES string of the molecule is C=CC1=C(C)C2=NC/1=C\c1c(C)c(C=C)c3[n]1[Fe][n]1/c(c(C)c(CCC(=O)O)/c1=C/C1=NC(=C\3)/C(C)=C1CCC(=O)O)=C\2.[Cl-].[Cl-].[Cl-].[Fe+3]. The fourth-order valence-electron chi connectivity index (χ4n) is 6.14. The first-order chi connectivity index (χ1) is 20.5. The van der Waals surface area contributed by atoms with Gasteiger partial charge in [0.1, 0.15) is 0 Å². The number of aliphatic imine (C=N–C) groups is 2. The number of carboxylic acid groups (broad SMARTS) is 2. The third-order valence-electron chi connectivity index (χ3n) is 8.55. The minimum Gasteiger partial charge on any atom is -1.00 e. The third-order valence-corrected chi connectivity index (χ3v) is 10.1. The second kappa shape index (κ2) is 15.4. The van der Waals surface area contributed by atoms with Gasteiger partial charge in [-0.3, -0.25) is 0 Å². The zero-order valence-electron chi connectivity index (χ0n) is 26.0. The van der Waals surface area contributed by atoms with Gasteiger partial charge in [-0.25, -0.2) is 0 Å². The van der Waals surface area contributed by atoms with Gasteiger partial charge in [0.25, 0.3) is 0 Å². The number of hydrogen-bond donors (Lipinski definition) is 2. The maximum atomic E-state index is 11.8. The number of fused-ring (bicyclic) bond motifs is 2.